The van der Waals surface area contributed by atoms with Crippen molar-refractivity contribution in [1.29, 1.82) is 5.41 Å². The van der Waals surface area contributed by atoms with Gasteiger partial charge in [0.25, 0.3) is 5.91 Å². The number of fused-ring (bicyclic) bond motifs is 1. The Morgan fingerprint density at radius 3 is 2.67 bits per heavy atom. The number of aryl methyl sites for hydroxylation is 2. The van der Waals surface area contributed by atoms with Gasteiger partial charge in [0.1, 0.15) is 5.04 Å². The zero-order valence-corrected chi connectivity index (χ0v) is 21.7. The van der Waals surface area contributed by atoms with Crippen LogP contribution < -0.4 is 0 Å². The molecule has 0 saturated carbocycles. The Morgan fingerprint density at radius 1 is 1.17 bits per heavy atom. The number of hydrazone groups is 1. The maximum Gasteiger partial charge on any atom is 0.283 e. The fourth-order valence-corrected chi connectivity index (χ4v) is 5.85. The van der Waals surface area contributed by atoms with Crippen LogP contribution in [0.2, 0.25) is 0 Å². The molecule has 0 aliphatic carbocycles. The average molecular weight is 503 g/mol. The zero-order chi connectivity index (χ0) is 25.4. The molecule has 0 atom stereocenters. The van der Waals surface area contributed by atoms with Crippen LogP contribution in [0.15, 0.2) is 46.0 Å². The van der Waals surface area contributed by atoms with Crippen LogP contribution in [-0.4, -0.2) is 55.4 Å². The molecule has 1 aromatic carbocycles. The SMILES string of the molecule is CCc1ccccc1-n1c(C)cc(/C=C2\C(=N)N3N=C(CC(=O)N4CCCCC4)SC3=NC2=O)c1C. The molecule has 1 aromatic heterocycles. The molecular formula is C27H30N6O2S. The van der Waals surface area contributed by atoms with Gasteiger partial charge in [-0.25, -0.2) is 0 Å². The highest BCUT2D eigenvalue weighted by atomic mass is 32.2. The predicted octanol–water partition coefficient (Wildman–Crippen LogP) is 4.68. The summed E-state index contributed by atoms with van der Waals surface area (Å²) in [5.41, 5.74) is 5.45. The van der Waals surface area contributed by atoms with E-state index in [1.807, 2.05) is 36.9 Å². The largest absolute Gasteiger partial charge is 0.342 e. The number of nitrogens with one attached hydrogen (secondary N) is 1. The van der Waals surface area contributed by atoms with Gasteiger partial charge < -0.3 is 9.47 Å². The lowest BCUT2D eigenvalue weighted by Gasteiger charge is -2.26. The summed E-state index contributed by atoms with van der Waals surface area (Å²) in [5.74, 6) is -0.442. The molecule has 0 bridgehead atoms. The summed E-state index contributed by atoms with van der Waals surface area (Å²) in [5, 5.41) is 15.5. The third kappa shape index (κ3) is 4.43. The number of likely N-dealkylation sites (tertiary alicyclic amines) is 1. The molecule has 8 nitrogen and oxygen atoms in total. The van der Waals surface area contributed by atoms with E-state index in [-0.39, 0.29) is 23.7 Å². The van der Waals surface area contributed by atoms with Crippen LogP contribution in [0.1, 0.15) is 55.1 Å². The molecule has 3 aliphatic rings. The first-order valence-corrected chi connectivity index (χ1v) is 13.2. The lowest BCUT2D eigenvalue weighted by atomic mass is 10.1. The minimum atomic E-state index is -0.462. The van der Waals surface area contributed by atoms with Crippen molar-refractivity contribution in [3.8, 4) is 5.69 Å². The normalized spacial score (nSPS) is 19.0. The smallest absolute Gasteiger partial charge is 0.283 e. The van der Waals surface area contributed by atoms with Crippen LogP contribution in [0.3, 0.4) is 0 Å². The Kier molecular flexibility index (Phi) is 6.66. The number of piperidine rings is 1. The molecule has 0 radical (unpaired) electrons. The van der Waals surface area contributed by atoms with E-state index in [2.05, 4.69) is 33.7 Å². The first kappa shape index (κ1) is 24.2. The van der Waals surface area contributed by atoms with Crippen LogP contribution in [0.4, 0.5) is 0 Å². The Labute approximate surface area is 215 Å². The molecule has 2 aromatic rings. The van der Waals surface area contributed by atoms with E-state index in [0.717, 1.165) is 61.4 Å². The van der Waals surface area contributed by atoms with Crippen LogP contribution in [0, 0.1) is 19.3 Å². The van der Waals surface area contributed by atoms with Gasteiger partial charge in [0, 0.05) is 30.2 Å². The van der Waals surface area contributed by atoms with E-state index in [4.69, 9.17) is 5.41 Å². The lowest BCUT2D eigenvalue weighted by molar-refractivity contribution is -0.130. The van der Waals surface area contributed by atoms with Crippen molar-refractivity contribution < 1.29 is 9.59 Å². The van der Waals surface area contributed by atoms with Crippen molar-refractivity contribution in [2.45, 2.75) is 52.9 Å². The third-order valence-corrected chi connectivity index (χ3v) is 7.80. The van der Waals surface area contributed by atoms with Gasteiger partial charge in [-0.05, 0) is 80.6 Å². The monoisotopic (exact) mass is 502 g/mol. The van der Waals surface area contributed by atoms with Crippen molar-refractivity contribution in [3.63, 3.8) is 0 Å². The lowest BCUT2D eigenvalue weighted by Crippen LogP contribution is -2.36. The molecule has 0 unspecified atom stereocenters. The van der Waals surface area contributed by atoms with E-state index < -0.39 is 5.91 Å². The average Bonchev–Trinajstić information content (AvgIpc) is 3.41. The summed E-state index contributed by atoms with van der Waals surface area (Å²) in [6, 6.07) is 10.3. The molecule has 9 heteroatoms. The third-order valence-electron chi connectivity index (χ3n) is 6.89. The molecule has 0 spiro atoms. The molecule has 1 fully saturated rings. The first-order chi connectivity index (χ1) is 17.4. The number of benzene rings is 1. The summed E-state index contributed by atoms with van der Waals surface area (Å²) >= 11 is 1.20. The van der Waals surface area contributed by atoms with E-state index in [1.54, 1.807) is 6.08 Å². The van der Waals surface area contributed by atoms with Gasteiger partial charge in [0.05, 0.1) is 12.0 Å². The minimum Gasteiger partial charge on any atom is -0.342 e. The maximum atomic E-state index is 12.9. The fraction of sp³-hybridized carbons (Fsp3) is 0.370. The quantitative estimate of drug-likeness (QED) is 0.601. The maximum absolute atomic E-state index is 12.9. The number of para-hydroxylation sites is 1. The summed E-state index contributed by atoms with van der Waals surface area (Å²) in [4.78, 5) is 31.7. The second kappa shape index (κ2) is 9.89. The van der Waals surface area contributed by atoms with Gasteiger partial charge in [0.15, 0.2) is 5.84 Å². The van der Waals surface area contributed by atoms with Gasteiger partial charge in [-0.1, -0.05) is 25.1 Å². The standard InChI is InChI=1S/C27H30N6O2S/c1-4-19-10-6-7-11-22(19)32-17(2)14-20(18(32)3)15-21-25(28)33-27(29-26(21)35)36-23(30-33)16-24(34)31-12-8-5-9-13-31/h6-7,10-11,14-15,28H,4-5,8-9,12-13,16H2,1-3H3/b21-15+,28-25?. The molecule has 2 amide bonds. The highest BCUT2D eigenvalue weighted by molar-refractivity contribution is 8.27. The van der Waals surface area contributed by atoms with Gasteiger partial charge in [0.2, 0.25) is 11.1 Å². The number of hydrogen-bond donors (Lipinski definition) is 1. The van der Waals surface area contributed by atoms with E-state index in [0.29, 0.717) is 10.2 Å². The number of aliphatic imine (C=N–C) groups is 1. The first-order valence-electron chi connectivity index (χ1n) is 12.4. The number of thioether (sulfide) groups is 1. The summed E-state index contributed by atoms with van der Waals surface area (Å²) < 4.78 is 2.19. The second-order valence-corrected chi connectivity index (χ2v) is 10.3. The number of aromatic nitrogens is 1. The van der Waals surface area contributed by atoms with Crippen LogP contribution >= 0.6 is 11.8 Å². The Hall–Kier alpha value is -3.46. The number of carbonyl (C=O) groups excluding carboxylic acids is 2. The topological polar surface area (TPSA) is 94.1 Å². The number of carbonyl (C=O) groups is 2. The number of amides is 2. The number of amidine groups is 2. The fourth-order valence-electron chi connectivity index (χ4n) is 4.98. The zero-order valence-electron chi connectivity index (χ0n) is 20.9. The second-order valence-electron chi connectivity index (χ2n) is 9.28. The molecule has 1 saturated heterocycles. The van der Waals surface area contributed by atoms with E-state index >= 15 is 0 Å². The highest BCUT2D eigenvalue weighted by Crippen LogP contribution is 2.31. The van der Waals surface area contributed by atoms with Crippen molar-refractivity contribution in [1.82, 2.24) is 14.5 Å². The molecular weight excluding hydrogens is 472 g/mol. The molecule has 5 rings (SSSR count). The Bertz CT molecular complexity index is 1350. The molecule has 1 N–H and O–H groups in total. The summed E-state index contributed by atoms with van der Waals surface area (Å²) in [6.45, 7) is 7.76. The molecule has 4 heterocycles. The summed E-state index contributed by atoms with van der Waals surface area (Å²) in [7, 11) is 0. The Balaban J connectivity index is 1.41. The minimum absolute atomic E-state index is 0.0170. The van der Waals surface area contributed by atoms with Gasteiger partial charge in [-0.2, -0.15) is 15.1 Å². The van der Waals surface area contributed by atoms with E-state index in [9.17, 15) is 9.59 Å². The predicted molar refractivity (Wildman–Crippen MR) is 145 cm³/mol. The molecule has 3 aliphatic heterocycles. The number of nitrogens with zero attached hydrogens (tertiary/aromatic N) is 5. The van der Waals surface area contributed by atoms with Crippen molar-refractivity contribution in [2.24, 2.45) is 10.1 Å². The molecule has 186 valence electrons. The highest BCUT2D eigenvalue weighted by Gasteiger charge is 2.36. The van der Waals surface area contributed by atoms with Crippen LogP contribution in [-0.2, 0) is 16.0 Å². The van der Waals surface area contributed by atoms with E-state index in [1.165, 1.54) is 22.3 Å². The van der Waals surface area contributed by atoms with Crippen molar-refractivity contribution >= 4 is 45.7 Å². The number of rotatable bonds is 5. The number of hydrogen-bond acceptors (Lipinski definition) is 5. The Morgan fingerprint density at radius 2 is 1.92 bits per heavy atom. The van der Waals surface area contributed by atoms with Gasteiger partial charge in [-0.3, -0.25) is 15.0 Å². The van der Waals surface area contributed by atoms with Gasteiger partial charge in [-0.15, -0.1) is 0 Å². The van der Waals surface area contributed by atoms with Crippen molar-refractivity contribution in [2.75, 3.05) is 13.1 Å². The summed E-state index contributed by atoms with van der Waals surface area (Å²) in [6.07, 6.45) is 6.03. The van der Waals surface area contributed by atoms with Crippen molar-refractivity contribution in [3.05, 3.63) is 58.4 Å². The van der Waals surface area contributed by atoms with Crippen LogP contribution in [0.25, 0.3) is 11.8 Å². The van der Waals surface area contributed by atoms with Crippen LogP contribution in [0.5, 0.6) is 0 Å². The van der Waals surface area contributed by atoms with Gasteiger partial charge >= 0.3 is 0 Å². The molecule has 36 heavy (non-hydrogen) atoms.